The van der Waals surface area contributed by atoms with Crippen LogP contribution in [0.1, 0.15) is 32.1 Å². The van der Waals surface area contributed by atoms with Crippen LogP contribution >= 0.6 is 0 Å². The first-order chi connectivity index (χ1) is 10.7. The van der Waals surface area contributed by atoms with Crippen LogP contribution in [0, 0.1) is 0 Å². The van der Waals surface area contributed by atoms with Gasteiger partial charge in [0.1, 0.15) is 12.3 Å². The zero-order chi connectivity index (χ0) is 15.8. The minimum Gasteiger partial charge on any atom is -0.497 e. The molecule has 4 N–H and O–H groups in total. The maximum atomic E-state index is 11.8. The molecule has 0 aromatic heterocycles. The van der Waals surface area contributed by atoms with Gasteiger partial charge in [-0.2, -0.15) is 0 Å². The second-order valence-electron chi connectivity index (χ2n) is 5.46. The molecule has 1 aromatic carbocycles. The second-order valence-corrected chi connectivity index (χ2v) is 5.46. The fraction of sp³-hybridized carbons (Fsp3) is 0.500. The van der Waals surface area contributed by atoms with Gasteiger partial charge in [0.05, 0.1) is 7.11 Å². The Bertz CT molecular complexity index is 525. The quantitative estimate of drug-likeness (QED) is 0.572. The lowest BCUT2D eigenvalue weighted by Crippen LogP contribution is -2.38. The van der Waals surface area contributed by atoms with E-state index in [0.717, 1.165) is 24.3 Å². The van der Waals surface area contributed by atoms with Crippen LogP contribution in [0.4, 0.5) is 5.69 Å². The Morgan fingerprint density at radius 1 is 1.36 bits per heavy atom. The molecule has 6 nitrogen and oxygen atoms in total. The number of carbonyl (C=O) groups is 1. The first-order valence-corrected chi connectivity index (χ1v) is 7.68. The van der Waals surface area contributed by atoms with E-state index in [4.69, 9.17) is 10.5 Å². The molecule has 0 aliphatic heterocycles. The van der Waals surface area contributed by atoms with Crippen LogP contribution in [0.5, 0.6) is 5.75 Å². The molecule has 1 amide bonds. The average molecular weight is 304 g/mol. The van der Waals surface area contributed by atoms with E-state index in [-0.39, 0.29) is 18.4 Å². The molecule has 1 fully saturated rings. The summed E-state index contributed by atoms with van der Waals surface area (Å²) in [4.78, 5) is 15.9. The van der Waals surface area contributed by atoms with Crippen molar-refractivity contribution in [3.05, 3.63) is 24.3 Å². The number of methoxy groups -OCH3 is 1. The van der Waals surface area contributed by atoms with Crippen molar-refractivity contribution in [2.45, 2.75) is 38.1 Å². The summed E-state index contributed by atoms with van der Waals surface area (Å²) in [6, 6.07) is 7.65. The number of nitrogens with zero attached hydrogens (tertiary/aromatic N) is 1. The van der Waals surface area contributed by atoms with Crippen molar-refractivity contribution >= 4 is 17.6 Å². The van der Waals surface area contributed by atoms with Gasteiger partial charge in [0.25, 0.3) is 0 Å². The summed E-state index contributed by atoms with van der Waals surface area (Å²) in [6.07, 6.45) is 5.77. The van der Waals surface area contributed by atoms with Crippen molar-refractivity contribution in [2.24, 2.45) is 10.7 Å². The molecule has 0 bridgehead atoms. The number of hydrogen-bond acceptors (Lipinski definition) is 3. The number of carbonyl (C=O) groups excluding carboxylic acids is 1. The summed E-state index contributed by atoms with van der Waals surface area (Å²) in [6.45, 7) is 0.0410. The number of nitrogens with one attached hydrogen (secondary N) is 2. The number of aliphatic imine (C=N–C) groups is 1. The van der Waals surface area contributed by atoms with Crippen molar-refractivity contribution in [3.8, 4) is 5.75 Å². The Balaban J connectivity index is 1.79. The first-order valence-electron chi connectivity index (χ1n) is 7.68. The highest BCUT2D eigenvalue weighted by Gasteiger charge is 2.15. The highest BCUT2D eigenvalue weighted by Crippen LogP contribution is 2.17. The molecule has 2 rings (SSSR count). The molecule has 0 atom stereocenters. The number of rotatable bonds is 5. The van der Waals surface area contributed by atoms with Gasteiger partial charge in [-0.15, -0.1) is 0 Å². The van der Waals surface area contributed by atoms with E-state index < -0.39 is 0 Å². The van der Waals surface area contributed by atoms with Gasteiger partial charge in [0, 0.05) is 17.8 Å². The zero-order valence-electron chi connectivity index (χ0n) is 13.0. The summed E-state index contributed by atoms with van der Waals surface area (Å²) in [5.41, 5.74) is 6.57. The molecule has 1 aliphatic rings. The van der Waals surface area contributed by atoms with Crippen LogP contribution in [0.25, 0.3) is 0 Å². The fourth-order valence-corrected chi connectivity index (χ4v) is 2.57. The molecule has 0 heterocycles. The van der Waals surface area contributed by atoms with E-state index in [1.807, 2.05) is 24.3 Å². The topological polar surface area (TPSA) is 88.7 Å². The molecule has 0 radical (unpaired) electrons. The Morgan fingerprint density at radius 3 is 2.86 bits per heavy atom. The predicted molar refractivity (Wildman–Crippen MR) is 88.1 cm³/mol. The Hall–Kier alpha value is -2.24. The third kappa shape index (κ3) is 5.27. The molecule has 0 saturated heterocycles. The van der Waals surface area contributed by atoms with E-state index in [1.165, 1.54) is 19.3 Å². The van der Waals surface area contributed by atoms with E-state index in [9.17, 15) is 4.79 Å². The lowest BCUT2D eigenvalue weighted by molar-refractivity contribution is -0.120. The van der Waals surface area contributed by atoms with Gasteiger partial charge in [-0.05, 0) is 25.0 Å². The van der Waals surface area contributed by atoms with E-state index in [0.29, 0.717) is 6.04 Å². The van der Waals surface area contributed by atoms with Gasteiger partial charge >= 0.3 is 0 Å². The lowest BCUT2D eigenvalue weighted by atomic mass is 9.95. The monoisotopic (exact) mass is 304 g/mol. The highest BCUT2D eigenvalue weighted by atomic mass is 16.5. The maximum Gasteiger partial charge on any atom is 0.242 e. The van der Waals surface area contributed by atoms with Crippen molar-refractivity contribution in [2.75, 3.05) is 19.0 Å². The average Bonchev–Trinajstić information content (AvgIpc) is 2.54. The summed E-state index contributed by atoms with van der Waals surface area (Å²) in [5, 5.41) is 5.95. The maximum absolute atomic E-state index is 11.8. The molecule has 1 aliphatic carbocycles. The molecule has 1 aromatic rings. The smallest absolute Gasteiger partial charge is 0.242 e. The third-order valence-corrected chi connectivity index (χ3v) is 3.71. The van der Waals surface area contributed by atoms with E-state index in [2.05, 4.69) is 15.6 Å². The molecule has 6 heteroatoms. The van der Waals surface area contributed by atoms with Gasteiger partial charge < -0.3 is 21.1 Å². The van der Waals surface area contributed by atoms with Crippen LogP contribution in [0.15, 0.2) is 29.3 Å². The molecular weight excluding hydrogens is 280 g/mol. The van der Waals surface area contributed by atoms with Crippen LogP contribution < -0.4 is 21.1 Å². The number of amides is 1. The van der Waals surface area contributed by atoms with E-state index in [1.54, 1.807) is 7.11 Å². The van der Waals surface area contributed by atoms with Crippen LogP contribution in [0.2, 0.25) is 0 Å². The molecule has 1 saturated carbocycles. The van der Waals surface area contributed by atoms with E-state index >= 15 is 0 Å². The number of ether oxygens (including phenoxy) is 1. The fourth-order valence-electron chi connectivity index (χ4n) is 2.57. The third-order valence-electron chi connectivity index (χ3n) is 3.71. The number of nitrogens with two attached hydrogens (primary N) is 1. The summed E-state index contributed by atoms with van der Waals surface area (Å²) in [7, 11) is 1.60. The number of anilines is 1. The molecule has 22 heavy (non-hydrogen) atoms. The summed E-state index contributed by atoms with van der Waals surface area (Å²) >= 11 is 0. The summed E-state index contributed by atoms with van der Waals surface area (Å²) < 4.78 is 5.13. The standard InChI is InChI=1S/C16H24N4O2/c1-22-14-9-5-8-13(10-14)20-16(17)18-11-15(21)19-12-6-3-2-4-7-12/h5,8-10,12H,2-4,6-7,11H2,1H3,(H,19,21)(H3,17,18,20). The van der Waals surface area contributed by atoms with Crippen LogP contribution in [-0.2, 0) is 4.79 Å². The van der Waals surface area contributed by atoms with Crippen LogP contribution in [-0.4, -0.2) is 31.6 Å². The van der Waals surface area contributed by atoms with Crippen LogP contribution in [0.3, 0.4) is 0 Å². The van der Waals surface area contributed by atoms with Crippen molar-refractivity contribution in [1.29, 1.82) is 0 Å². The number of guanidine groups is 1. The summed E-state index contributed by atoms with van der Waals surface area (Å²) in [5.74, 6) is 0.863. The van der Waals surface area contributed by atoms with Crippen molar-refractivity contribution in [1.82, 2.24) is 5.32 Å². The van der Waals surface area contributed by atoms with Crippen molar-refractivity contribution < 1.29 is 9.53 Å². The number of benzene rings is 1. The zero-order valence-corrected chi connectivity index (χ0v) is 13.0. The SMILES string of the molecule is COc1cccc(NC(N)=NCC(=O)NC2CCCCC2)c1. The normalized spacial score (nSPS) is 16.1. The van der Waals surface area contributed by atoms with Gasteiger partial charge in [0.15, 0.2) is 5.96 Å². The molecule has 0 unspecified atom stereocenters. The minimum atomic E-state index is -0.0812. The first kappa shape index (κ1) is 16.1. The van der Waals surface area contributed by atoms with Crippen molar-refractivity contribution in [3.63, 3.8) is 0 Å². The van der Waals surface area contributed by atoms with Gasteiger partial charge in [-0.3, -0.25) is 4.79 Å². The van der Waals surface area contributed by atoms with Gasteiger partial charge in [-0.1, -0.05) is 25.3 Å². The van der Waals surface area contributed by atoms with Gasteiger partial charge in [-0.25, -0.2) is 4.99 Å². The molecule has 120 valence electrons. The Morgan fingerprint density at radius 2 is 2.14 bits per heavy atom. The van der Waals surface area contributed by atoms with Gasteiger partial charge in [0.2, 0.25) is 5.91 Å². The molecule has 0 spiro atoms. The second kappa shape index (κ2) is 8.26. The predicted octanol–water partition coefficient (Wildman–Crippen LogP) is 1.87. The lowest BCUT2D eigenvalue weighted by Gasteiger charge is -2.22. The Kier molecular flexibility index (Phi) is 6.06. The highest BCUT2D eigenvalue weighted by molar-refractivity contribution is 5.94. The Labute approximate surface area is 131 Å². The molecular formula is C16H24N4O2. The largest absolute Gasteiger partial charge is 0.497 e. The number of hydrogen-bond donors (Lipinski definition) is 3. The minimum absolute atomic E-state index is 0.0410.